The zero-order valence-electron chi connectivity index (χ0n) is 11.8. The second kappa shape index (κ2) is 5.02. The molecule has 0 atom stereocenters. The van der Waals surface area contributed by atoms with E-state index < -0.39 is 4.92 Å². The lowest BCUT2D eigenvalue weighted by Crippen LogP contribution is -1.93. The van der Waals surface area contributed by atoms with Crippen LogP contribution in [0.3, 0.4) is 0 Å². The van der Waals surface area contributed by atoms with E-state index >= 15 is 0 Å². The molecule has 0 amide bonds. The van der Waals surface area contributed by atoms with Crippen LogP contribution in [0, 0.1) is 10.1 Å². The first-order chi connectivity index (χ1) is 11.2. The van der Waals surface area contributed by atoms with E-state index in [9.17, 15) is 10.1 Å². The van der Waals surface area contributed by atoms with Crippen molar-refractivity contribution in [3.63, 3.8) is 0 Å². The second-order valence-corrected chi connectivity index (χ2v) is 4.90. The molecule has 0 N–H and O–H groups in total. The highest BCUT2D eigenvalue weighted by Crippen LogP contribution is 2.20. The molecule has 0 fully saturated rings. The minimum absolute atomic E-state index is 0.0237. The van der Waals surface area contributed by atoms with Crippen LogP contribution in [-0.4, -0.2) is 29.1 Å². The molecule has 0 radical (unpaired) electrons. The molecule has 112 valence electrons. The first-order valence-corrected chi connectivity index (χ1v) is 6.80. The predicted molar refractivity (Wildman–Crippen MR) is 82.2 cm³/mol. The van der Waals surface area contributed by atoms with E-state index in [0.717, 1.165) is 11.3 Å². The maximum absolute atomic E-state index is 10.8. The Bertz CT molecular complexity index is 989. The summed E-state index contributed by atoms with van der Waals surface area (Å²) in [6.07, 6.45) is 6.64. The number of nitrogens with zero attached hydrogens (tertiary/aromatic N) is 6. The van der Waals surface area contributed by atoms with Gasteiger partial charge in [-0.1, -0.05) is 0 Å². The van der Waals surface area contributed by atoms with E-state index in [-0.39, 0.29) is 5.69 Å². The first-order valence-electron chi connectivity index (χ1n) is 6.80. The number of nitro groups is 1. The van der Waals surface area contributed by atoms with Gasteiger partial charge in [-0.05, 0) is 30.3 Å². The van der Waals surface area contributed by atoms with Crippen molar-refractivity contribution in [1.82, 2.24) is 24.1 Å². The highest BCUT2D eigenvalue weighted by atomic mass is 16.6. The molecule has 0 unspecified atom stereocenters. The number of hydrogen-bond acceptors (Lipinski definition) is 5. The van der Waals surface area contributed by atoms with Gasteiger partial charge in [0.1, 0.15) is 6.20 Å². The van der Waals surface area contributed by atoms with Gasteiger partial charge in [0.25, 0.3) is 5.69 Å². The fourth-order valence-corrected chi connectivity index (χ4v) is 2.30. The maximum atomic E-state index is 10.8. The molecule has 0 aliphatic rings. The molecular formula is C15H10N6O2. The van der Waals surface area contributed by atoms with Crippen LogP contribution in [0.25, 0.3) is 22.7 Å². The van der Waals surface area contributed by atoms with Gasteiger partial charge in [0.15, 0.2) is 11.5 Å². The Kier molecular flexibility index (Phi) is 2.87. The minimum Gasteiger partial charge on any atom is -0.306 e. The van der Waals surface area contributed by atoms with Gasteiger partial charge in [0, 0.05) is 29.7 Å². The van der Waals surface area contributed by atoms with Crippen molar-refractivity contribution in [3.8, 4) is 17.1 Å². The highest BCUT2D eigenvalue weighted by Gasteiger charge is 2.11. The molecule has 0 spiro atoms. The van der Waals surface area contributed by atoms with E-state index in [1.54, 1.807) is 18.6 Å². The third kappa shape index (κ3) is 2.31. The van der Waals surface area contributed by atoms with Crippen molar-refractivity contribution in [2.45, 2.75) is 0 Å². The van der Waals surface area contributed by atoms with Gasteiger partial charge in [0.05, 0.1) is 11.3 Å². The fourth-order valence-electron chi connectivity index (χ4n) is 2.30. The summed E-state index contributed by atoms with van der Waals surface area (Å²) in [7, 11) is 0. The van der Waals surface area contributed by atoms with Gasteiger partial charge in [-0.15, -0.1) is 5.10 Å². The lowest BCUT2D eigenvalue weighted by atomic mass is 10.2. The number of fused-ring (bicyclic) bond motifs is 1. The number of imidazole rings is 1. The molecule has 0 bridgehead atoms. The molecule has 0 aliphatic carbocycles. The zero-order valence-corrected chi connectivity index (χ0v) is 11.8. The summed E-state index contributed by atoms with van der Waals surface area (Å²) in [5, 5.41) is 15.1. The summed E-state index contributed by atoms with van der Waals surface area (Å²) in [4.78, 5) is 18.7. The van der Waals surface area contributed by atoms with Crippen LogP contribution in [0.15, 0.2) is 61.3 Å². The molecule has 0 saturated carbocycles. The molecule has 4 aromatic rings. The summed E-state index contributed by atoms with van der Waals surface area (Å²) in [6, 6.07) is 10.7. The van der Waals surface area contributed by atoms with E-state index in [1.807, 2.05) is 35.0 Å². The Balaban J connectivity index is 1.72. The summed E-state index contributed by atoms with van der Waals surface area (Å²) in [6.45, 7) is 0. The summed E-state index contributed by atoms with van der Waals surface area (Å²) in [5.74, 6) is 0.516. The van der Waals surface area contributed by atoms with Gasteiger partial charge >= 0.3 is 0 Å². The van der Waals surface area contributed by atoms with Crippen molar-refractivity contribution in [2.24, 2.45) is 0 Å². The number of rotatable bonds is 3. The summed E-state index contributed by atoms with van der Waals surface area (Å²) >= 11 is 0. The topological polar surface area (TPSA) is 91.1 Å². The quantitative estimate of drug-likeness (QED) is 0.428. The van der Waals surface area contributed by atoms with Crippen molar-refractivity contribution in [3.05, 3.63) is 71.4 Å². The highest BCUT2D eigenvalue weighted by molar-refractivity contribution is 5.60. The van der Waals surface area contributed by atoms with Crippen LogP contribution in [0.2, 0.25) is 0 Å². The van der Waals surface area contributed by atoms with Crippen LogP contribution in [0.5, 0.6) is 0 Å². The molecule has 8 heteroatoms. The predicted octanol–water partition coefficient (Wildman–Crippen LogP) is 2.49. The van der Waals surface area contributed by atoms with Gasteiger partial charge in [-0.3, -0.25) is 10.1 Å². The second-order valence-electron chi connectivity index (χ2n) is 4.90. The molecular weight excluding hydrogens is 296 g/mol. The van der Waals surface area contributed by atoms with Gasteiger partial charge < -0.3 is 4.57 Å². The lowest BCUT2D eigenvalue weighted by molar-refractivity contribution is -0.385. The van der Waals surface area contributed by atoms with Crippen molar-refractivity contribution in [1.29, 1.82) is 0 Å². The van der Waals surface area contributed by atoms with E-state index in [0.29, 0.717) is 11.5 Å². The molecule has 0 aliphatic heterocycles. The summed E-state index contributed by atoms with van der Waals surface area (Å²) < 4.78 is 3.31. The monoisotopic (exact) mass is 306 g/mol. The van der Waals surface area contributed by atoms with Gasteiger partial charge in [0.2, 0.25) is 0 Å². The number of hydrogen-bond donors (Lipinski definition) is 0. The molecule has 3 heterocycles. The number of pyridine rings is 1. The summed E-state index contributed by atoms with van der Waals surface area (Å²) in [5.41, 5.74) is 2.35. The Hall–Kier alpha value is -3.55. The Morgan fingerprint density at radius 3 is 2.61 bits per heavy atom. The van der Waals surface area contributed by atoms with Crippen molar-refractivity contribution in [2.75, 3.05) is 0 Å². The Morgan fingerprint density at radius 2 is 1.91 bits per heavy atom. The largest absolute Gasteiger partial charge is 0.306 e. The Labute approximate surface area is 129 Å². The average molecular weight is 306 g/mol. The van der Waals surface area contributed by atoms with Gasteiger partial charge in [-0.25, -0.2) is 14.5 Å². The molecule has 4 rings (SSSR count). The van der Waals surface area contributed by atoms with Crippen molar-refractivity contribution < 1.29 is 4.92 Å². The smallest absolute Gasteiger partial charge is 0.287 e. The number of benzene rings is 1. The van der Waals surface area contributed by atoms with Crippen LogP contribution >= 0.6 is 0 Å². The average Bonchev–Trinajstić information content (AvgIpc) is 3.23. The van der Waals surface area contributed by atoms with E-state index in [1.165, 1.54) is 16.8 Å². The first kappa shape index (κ1) is 13.1. The minimum atomic E-state index is -0.458. The number of aromatic nitrogens is 5. The lowest BCUT2D eigenvalue weighted by Gasteiger charge is -2.02. The molecule has 1 aromatic carbocycles. The van der Waals surface area contributed by atoms with E-state index in [4.69, 9.17) is 0 Å². The third-order valence-electron chi connectivity index (χ3n) is 3.45. The third-order valence-corrected chi connectivity index (χ3v) is 3.45. The van der Waals surface area contributed by atoms with Crippen LogP contribution < -0.4 is 0 Å². The van der Waals surface area contributed by atoms with Crippen LogP contribution in [-0.2, 0) is 0 Å². The molecule has 23 heavy (non-hydrogen) atoms. The fraction of sp³-hybridized carbons (Fsp3) is 0. The normalized spacial score (nSPS) is 11.0. The maximum Gasteiger partial charge on any atom is 0.287 e. The Morgan fingerprint density at radius 1 is 1.09 bits per heavy atom. The van der Waals surface area contributed by atoms with Gasteiger partial charge in [-0.2, -0.15) is 0 Å². The van der Waals surface area contributed by atoms with Crippen LogP contribution in [0.4, 0.5) is 5.69 Å². The van der Waals surface area contributed by atoms with Crippen molar-refractivity contribution >= 4 is 11.3 Å². The molecule has 0 saturated heterocycles. The molecule has 3 aromatic heterocycles. The zero-order chi connectivity index (χ0) is 15.8. The van der Waals surface area contributed by atoms with Crippen LogP contribution in [0.1, 0.15) is 0 Å². The molecule has 8 nitrogen and oxygen atoms in total. The van der Waals surface area contributed by atoms with E-state index in [2.05, 4.69) is 15.1 Å². The standard InChI is InChI=1S/C15H10N6O2/c22-21(23)13-5-6-14-17-15(18-20(14)9-13)11-1-3-12(4-2-11)19-8-7-16-10-19/h1-10H. The SMILES string of the molecule is O=[N+]([O-])c1ccc2nc(-c3ccc(-n4ccnc4)cc3)nn2c1.